The first kappa shape index (κ1) is 9.45. The number of aromatic nitrogens is 4. The fourth-order valence-corrected chi connectivity index (χ4v) is 1.17. The lowest BCUT2D eigenvalue weighted by atomic mass is 10.2. The molecule has 0 aliphatic heterocycles. The Morgan fingerprint density at radius 2 is 2.20 bits per heavy atom. The summed E-state index contributed by atoms with van der Waals surface area (Å²) in [6, 6.07) is 5.85. The van der Waals surface area contributed by atoms with Crippen LogP contribution in [-0.4, -0.2) is 20.2 Å². The van der Waals surface area contributed by atoms with Crippen molar-refractivity contribution in [1.82, 2.24) is 20.2 Å². The van der Waals surface area contributed by atoms with E-state index in [0.29, 0.717) is 17.4 Å². The number of hydrogen-bond donors (Lipinski definition) is 1. The lowest BCUT2D eigenvalue weighted by molar-refractivity contribution is 0.416. The lowest BCUT2D eigenvalue weighted by Gasteiger charge is -2.06. The molecular formula is C9H11N5O. The smallest absolute Gasteiger partial charge is 0.340 e. The molecule has 2 N–H and O–H groups in total. The molecule has 0 bridgehead atoms. The summed E-state index contributed by atoms with van der Waals surface area (Å²) in [6.45, 7) is 1.96. The number of rotatable bonds is 2. The van der Waals surface area contributed by atoms with Gasteiger partial charge in [-0.25, -0.2) is 0 Å². The van der Waals surface area contributed by atoms with E-state index in [4.69, 9.17) is 10.5 Å². The zero-order chi connectivity index (χ0) is 10.8. The molecule has 2 aromatic rings. The molecule has 0 radical (unpaired) electrons. The highest BCUT2D eigenvalue weighted by atomic mass is 16.5. The number of tetrazole rings is 1. The predicted octanol–water partition coefficient (Wildman–Crippen LogP) is 0.893. The molecule has 0 aliphatic carbocycles. The van der Waals surface area contributed by atoms with Gasteiger partial charge in [0, 0.05) is 7.05 Å². The quantitative estimate of drug-likeness (QED) is 0.736. The third kappa shape index (κ3) is 1.88. The zero-order valence-corrected chi connectivity index (χ0v) is 8.51. The summed E-state index contributed by atoms with van der Waals surface area (Å²) in [5.74, 6) is 0.554. The first-order valence-electron chi connectivity index (χ1n) is 4.43. The number of aryl methyl sites for hydroxylation is 2. The van der Waals surface area contributed by atoms with Gasteiger partial charge in [-0.15, -0.1) is 0 Å². The third-order valence-electron chi connectivity index (χ3n) is 1.95. The molecule has 0 fully saturated rings. The highest BCUT2D eigenvalue weighted by Crippen LogP contribution is 2.25. The summed E-state index contributed by atoms with van der Waals surface area (Å²) in [4.78, 5) is 0. The first-order chi connectivity index (χ1) is 7.16. The number of nitrogens with zero attached hydrogens (tertiary/aromatic N) is 4. The highest BCUT2D eigenvalue weighted by molar-refractivity contribution is 5.54. The minimum absolute atomic E-state index is 0.311. The average Bonchev–Trinajstić information content (AvgIpc) is 2.57. The van der Waals surface area contributed by atoms with Crippen molar-refractivity contribution in [2.75, 3.05) is 5.73 Å². The SMILES string of the molecule is Cc1ccc(Oc2nnnn2C)c(N)c1. The van der Waals surface area contributed by atoms with Gasteiger partial charge in [0.2, 0.25) is 0 Å². The summed E-state index contributed by atoms with van der Waals surface area (Å²) >= 11 is 0. The standard InChI is InChI=1S/C9H11N5O/c1-6-3-4-8(7(10)5-6)15-9-11-12-13-14(9)2/h3-5H,10H2,1-2H3. The second-order valence-corrected chi connectivity index (χ2v) is 3.23. The summed E-state index contributed by atoms with van der Waals surface area (Å²) in [5, 5.41) is 10.8. The number of anilines is 1. The van der Waals surface area contributed by atoms with E-state index in [9.17, 15) is 0 Å². The van der Waals surface area contributed by atoms with Crippen LogP contribution in [0.5, 0.6) is 11.8 Å². The Bertz CT molecular complexity index is 479. The van der Waals surface area contributed by atoms with Crippen molar-refractivity contribution >= 4 is 5.69 Å². The van der Waals surface area contributed by atoms with Crippen LogP contribution in [0.3, 0.4) is 0 Å². The maximum atomic E-state index is 5.79. The Kier molecular flexibility index (Phi) is 2.24. The fourth-order valence-electron chi connectivity index (χ4n) is 1.17. The molecule has 0 aliphatic rings. The molecule has 6 heteroatoms. The predicted molar refractivity (Wildman–Crippen MR) is 54.5 cm³/mol. The van der Waals surface area contributed by atoms with E-state index < -0.39 is 0 Å². The maximum absolute atomic E-state index is 5.79. The van der Waals surface area contributed by atoms with Crippen molar-refractivity contribution in [2.24, 2.45) is 7.05 Å². The van der Waals surface area contributed by atoms with Crippen LogP contribution in [0, 0.1) is 6.92 Å². The Hall–Kier alpha value is -2.11. The van der Waals surface area contributed by atoms with E-state index in [1.54, 1.807) is 13.1 Å². The van der Waals surface area contributed by atoms with E-state index in [2.05, 4.69) is 15.5 Å². The van der Waals surface area contributed by atoms with Gasteiger partial charge in [0.1, 0.15) is 0 Å². The molecular weight excluding hydrogens is 194 g/mol. The largest absolute Gasteiger partial charge is 0.421 e. The third-order valence-corrected chi connectivity index (χ3v) is 1.95. The van der Waals surface area contributed by atoms with E-state index in [-0.39, 0.29) is 0 Å². The minimum Gasteiger partial charge on any atom is -0.421 e. The van der Waals surface area contributed by atoms with E-state index in [1.165, 1.54) is 4.68 Å². The molecule has 2 rings (SSSR count). The number of ether oxygens (including phenoxy) is 1. The van der Waals surface area contributed by atoms with Crippen LogP contribution in [0.2, 0.25) is 0 Å². The van der Waals surface area contributed by atoms with Gasteiger partial charge in [0.15, 0.2) is 5.75 Å². The first-order valence-corrected chi connectivity index (χ1v) is 4.43. The Morgan fingerprint density at radius 1 is 1.40 bits per heavy atom. The maximum Gasteiger partial charge on any atom is 0.340 e. The molecule has 15 heavy (non-hydrogen) atoms. The molecule has 1 aromatic carbocycles. The van der Waals surface area contributed by atoms with Crippen LogP contribution in [0.25, 0.3) is 0 Å². The molecule has 0 saturated heterocycles. The normalized spacial score (nSPS) is 10.3. The van der Waals surface area contributed by atoms with Crippen LogP contribution < -0.4 is 10.5 Å². The molecule has 6 nitrogen and oxygen atoms in total. The van der Waals surface area contributed by atoms with Gasteiger partial charge < -0.3 is 10.5 Å². The summed E-state index contributed by atoms with van der Waals surface area (Å²) in [5.41, 5.74) is 7.43. The van der Waals surface area contributed by atoms with E-state index >= 15 is 0 Å². The van der Waals surface area contributed by atoms with Crippen LogP contribution in [0.15, 0.2) is 18.2 Å². The van der Waals surface area contributed by atoms with Gasteiger partial charge in [0.05, 0.1) is 5.69 Å². The number of nitrogen functional groups attached to an aromatic ring is 1. The van der Waals surface area contributed by atoms with Gasteiger partial charge in [-0.1, -0.05) is 11.2 Å². The van der Waals surface area contributed by atoms with Gasteiger partial charge in [-0.2, -0.15) is 4.68 Å². The van der Waals surface area contributed by atoms with Crippen molar-refractivity contribution in [3.63, 3.8) is 0 Å². The van der Waals surface area contributed by atoms with Crippen molar-refractivity contribution in [3.05, 3.63) is 23.8 Å². The number of benzene rings is 1. The molecule has 0 unspecified atom stereocenters. The van der Waals surface area contributed by atoms with Crippen LogP contribution in [-0.2, 0) is 7.05 Å². The van der Waals surface area contributed by atoms with E-state index in [1.807, 2.05) is 19.1 Å². The molecule has 78 valence electrons. The number of nitrogens with two attached hydrogens (primary N) is 1. The van der Waals surface area contributed by atoms with E-state index in [0.717, 1.165) is 5.56 Å². The topological polar surface area (TPSA) is 78.9 Å². The second-order valence-electron chi connectivity index (χ2n) is 3.23. The molecule has 1 heterocycles. The van der Waals surface area contributed by atoms with Gasteiger partial charge in [-0.3, -0.25) is 0 Å². The molecule has 1 aromatic heterocycles. The van der Waals surface area contributed by atoms with Crippen molar-refractivity contribution in [3.8, 4) is 11.8 Å². The summed E-state index contributed by atoms with van der Waals surface area (Å²) in [7, 11) is 1.69. The Labute approximate surface area is 86.7 Å². The van der Waals surface area contributed by atoms with Gasteiger partial charge in [0.25, 0.3) is 0 Å². The van der Waals surface area contributed by atoms with Crippen molar-refractivity contribution in [2.45, 2.75) is 6.92 Å². The summed E-state index contributed by atoms with van der Waals surface area (Å²) in [6.07, 6.45) is 0. The number of hydrogen-bond acceptors (Lipinski definition) is 5. The van der Waals surface area contributed by atoms with Crippen molar-refractivity contribution < 1.29 is 4.74 Å². The monoisotopic (exact) mass is 205 g/mol. The lowest BCUT2D eigenvalue weighted by Crippen LogP contribution is -1.98. The minimum atomic E-state index is 0.311. The van der Waals surface area contributed by atoms with Crippen LogP contribution in [0.4, 0.5) is 5.69 Å². The molecule has 0 saturated carbocycles. The second kappa shape index (κ2) is 3.56. The average molecular weight is 205 g/mol. The van der Waals surface area contributed by atoms with Gasteiger partial charge in [-0.05, 0) is 35.0 Å². The van der Waals surface area contributed by atoms with Gasteiger partial charge >= 0.3 is 6.01 Å². The fraction of sp³-hybridized carbons (Fsp3) is 0.222. The molecule has 0 atom stereocenters. The Balaban J connectivity index is 2.29. The Morgan fingerprint density at radius 3 is 2.80 bits per heavy atom. The van der Waals surface area contributed by atoms with Crippen molar-refractivity contribution in [1.29, 1.82) is 0 Å². The molecule has 0 amide bonds. The molecule has 0 spiro atoms. The zero-order valence-electron chi connectivity index (χ0n) is 8.51. The summed E-state index contributed by atoms with van der Waals surface area (Å²) < 4.78 is 6.87. The van der Waals surface area contributed by atoms with Crippen LogP contribution in [0.1, 0.15) is 5.56 Å². The van der Waals surface area contributed by atoms with Crippen LogP contribution >= 0.6 is 0 Å². The highest BCUT2D eigenvalue weighted by Gasteiger charge is 2.07.